The van der Waals surface area contributed by atoms with Crippen molar-refractivity contribution in [2.75, 3.05) is 0 Å². The van der Waals surface area contributed by atoms with Gasteiger partial charge in [0.15, 0.2) is 0 Å². The van der Waals surface area contributed by atoms with Gasteiger partial charge in [0.2, 0.25) is 0 Å². The summed E-state index contributed by atoms with van der Waals surface area (Å²) in [5, 5.41) is 2.23. The Kier molecular flexibility index (Phi) is 2.85. The van der Waals surface area contributed by atoms with Crippen LogP contribution in [-0.2, 0) is 0 Å². The second-order valence-corrected chi connectivity index (χ2v) is 7.93. The van der Waals surface area contributed by atoms with Gasteiger partial charge in [0, 0.05) is 9.79 Å². The largest absolute Gasteiger partial charge is 0.0881 e. The summed E-state index contributed by atoms with van der Waals surface area (Å²) in [7, 11) is 0. The highest BCUT2D eigenvalue weighted by atomic mass is 32.2. The summed E-state index contributed by atoms with van der Waals surface area (Å²) in [6, 6.07) is 8.62. The Labute approximate surface area is 106 Å². The Morgan fingerprint density at radius 2 is 1.53 bits per heavy atom. The van der Waals surface area contributed by atoms with Crippen molar-refractivity contribution in [1.82, 2.24) is 0 Å². The van der Waals surface area contributed by atoms with E-state index in [1.54, 1.807) is 0 Å². The van der Waals surface area contributed by atoms with Gasteiger partial charge in [-0.15, -0.1) is 0 Å². The zero-order chi connectivity index (χ0) is 10.3. The van der Waals surface area contributed by atoms with Gasteiger partial charge in [0.25, 0.3) is 0 Å². The van der Waals surface area contributed by atoms with Crippen molar-refractivity contribution in [2.45, 2.75) is 16.7 Å². The van der Waals surface area contributed by atoms with Crippen LogP contribution in [0.1, 0.15) is 6.92 Å². The molecular formula is C11H8S4. The summed E-state index contributed by atoms with van der Waals surface area (Å²) in [5.41, 5.74) is 0. The van der Waals surface area contributed by atoms with Crippen molar-refractivity contribution in [3.8, 4) is 0 Å². The Hall–Kier alpha value is 0.1000. The number of hydrogen-bond donors (Lipinski definition) is 0. The van der Waals surface area contributed by atoms with Gasteiger partial charge < -0.3 is 0 Å². The van der Waals surface area contributed by atoms with E-state index in [1.165, 1.54) is 23.2 Å². The highest BCUT2D eigenvalue weighted by molar-refractivity contribution is 8.32. The van der Waals surface area contributed by atoms with Crippen molar-refractivity contribution >= 4 is 47.0 Å². The standard InChI is InChI=1S/C11H8S4/c1-7-6-12-10(13-7)11-14-8-4-2-3-5-9(8)15-11/h2-6H,1H3. The van der Waals surface area contributed by atoms with Gasteiger partial charge in [-0.05, 0) is 29.4 Å². The predicted octanol–water partition coefficient (Wildman–Crippen LogP) is 5.35. The molecule has 0 amide bonds. The Balaban J connectivity index is 1.91. The molecule has 0 radical (unpaired) electrons. The van der Waals surface area contributed by atoms with Gasteiger partial charge in [0.1, 0.15) is 0 Å². The smallest absolute Gasteiger partial charge is 0.0706 e. The van der Waals surface area contributed by atoms with Crippen LogP contribution in [-0.4, -0.2) is 0 Å². The van der Waals surface area contributed by atoms with Gasteiger partial charge in [-0.25, -0.2) is 0 Å². The number of thioether (sulfide) groups is 4. The molecule has 0 N–H and O–H groups in total. The number of allylic oxidation sites excluding steroid dienone is 1. The van der Waals surface area contributed by atoms with E-state index in [0.717, 1.165) is 0 Å². The molecule has 0 bridgehead atoms. The third-order valence-corrected chi connectivity index (χ3v) is 7.49. The lowest BCUT2D eigenvalue weighted by Gasteiger charge is -1.99. The quantitative estimate of drug-likeness (QED) is 0.621. The molecule has 2 aliphatic rings. The van der Waals surface area contributed by atoms with Crippen LogP contribution in [0.15, 0.2) is 52.8 Å². The number of rotatable bonds is 0. The fourth-order valence-corrected chi connectivity index (χ4v) is 6.35. The van der Waals surface area contributed by atoms with Gasteiger partial charge in [0.05, 0.1) is 8.47 Å². The monoisotopic (exact) mass is 268 g/mol. The average molecular weight is 268 g/mol. The highest BCUT2D eigenvalue weighted by Crippen LogP contribution is 2.58. The summed E-state index contributed by atoms with van der Waals surface area (Å²) >= 11 is 7.56. The van der Waals surface area contributed by atoms with E-state index in [1.807, 2.05) is 47.0 Å². The second-order valence-electron chi connectivity index (χ2n) is 3.17. The lowest BCUT2D eigenvalue weighted by Crippen LogP contribution is -1.65. The molecule has 2 aliphatic heterocycles. The van der Waals surface area contributed by atoms with Gasteiger partial charge in [-0.2, -0.15) is 0 Å². The first kappa shape index (κ1) is 10.3. The van der Waals surface area contributed by atoms with Crippen LogP contribution >= 0.6 is 47.0 Å². The van der Waals surface area contributed by atoms with E-state index >= 15 is 0 Å². The number of hydrogen-bond acceptors (Lipinski definition) is 4. The highest BCUT2D eigenvalue weighted by Gasteiger charge is 2.22. The van der Waals surface area contributed by atoms with E-state index < -0.39 is 0 Å². The Morgan fingerprint density at radius 1 is 0.867 bits per heavy atom. The first-order valence-electron chi connectivity index (χ1n) is 4.53. The first-order valence-corrected chi connectivity index (χ1v) is 7.86. The van der Waals surface area contributed by atoms with Crippen molar-refractivity contribution in [1.29, 1.82) is 0 Å². The van der Waals surface area contributed by atoms with Crippen molar-refractivity contribution in [3.63, 3.8) is 0 Å². The van der Waals surface area contributed by atoms with Crippen molar-refractivity contribution in [2.24, 2.45) is 0 Å². The normalized spacial score (nSPS) is 19.4. The molecule has 4 heteroatoms. The lowest BCUT2D eigenvalue weighted by molar-refractivity contribution is 1.27. The van der Waals surface area contributed by atoms with Crippen LogP contribution in [0.5, 0.6) is 0 Å². The maximum absolute atomic E-state index is 2.23. The zero-order valence-electron chi connectivity index (χ0n) is 8.02. The topological polar surface area (TPSA) is 0 Å². The minimum absolute atomic E-state index is 1.40. The molecule has 0 saturated carbocycles. The van der Waals surface area contributed by atoms with Crippen LogP contribution in [0.25, 0.3) is 0 Å². The van der Waals surface area contributed by atoms with Crippen LogP contribution in [0.4, 0.5) is 0 Å². The molecule has 0 aromatic heterocycles. The Bertz CT molecular complexity index is 446. The molecule has 0 atom stereocenters. The summed E-state index contributed by atoms with van der Waals surface area (Å²) < 4.78 is 2.89. The van der Waals surface area contributed by atoms with E-state index in [9.17, 15) is 0 Å². The summed E-state index contributed by atoms with van der Waals surface area (Å²) in [4.78, 5) is 4.20. The first-order chi connectivity index (χ1) is 7.33. The lowest BCUT2D eigenvalue weighted by atomic mass is 10.4. The average Bonchev–Trinajstić information content (AvgIpc) is 2.82. The molecule has 1 aromatic carbocycles. The van der Waals surface area contributed by atoms with Crippen molar-refractivity contribution in [3.05, 3.63) is 43.1 Å². The third-order valence-electron chi connectivity index (χ3n) is 2.01. The SMILES string of the molecule is CC1=CSC(=C2Sc3ccccc3S2)S1. The van der Waals surface area contributed by atoms with E-state index in [-0.39, 0.29) is 0 Å². The van der Waals surface area contributed by atoms with Crippen LogP contribution in [0.3, 0.4) is 0 Å². The molecular weight excluding hydrogens is 260 g/mol. The summed E-state index contributed by atoms with van der Waals surface area (Å²) in [6.45, 7) is 2.17. The molecule has 0 unspecified atom stereocenters. The van der Waals surface area contributed by atoms with Gasteiger partial charge >= 0.3 is 0 Å². The maximum atomic E-state index is 2.23. The van der Waals surface area contributed by atoms with Crippen LogP contribution in [0.2, 0.25) is 0 Å². The summed E-state index contributed by atoms with van der Waals surface area (Å²) in [6.07, 6.45) is 0. The van der Waals surface area contributed by atoms with Gasteiger partial charge in [-0.3, -0.25) is 0 Å². The Morgan fingerprint density at radius 3 is 2.07 bits per heavy atom. The fraction of sp³-hybridized carbons (Fsp3) is 0.0909. The molecule has 0 saturated heterocycles. The molecule has 0 fully saturated rings. The predicted molar refractivity (Wildman–Crippen MR) is 74.1 cm³/mol. The summed E-state index contributed by atoms with van der Waals surface area (Å²) in [5.74, 6) is 0. The maximum Gasteiger partial charge on any atom is 0.0706 e. The molecule has 3 rings (SSSR count). The minimum atomic E-state index is 1.40. The van der Waals surface area contributed by atoms with E-state index in [2.05, 4.69) is 36.6 Å². The molecule has 2 heterocycles. The molecule has 76 valence electrons. The number of fused-ring (bicyclic) bond motifs is 1. The molecule has 0 aliphatic carbocycles. The molecule has 0 spiro atoms. The molecule has 15 heavy (non-hydrogen) atoms. The van der Waals surface area contributed by atoms with Crippen LogP contribution in [0, 0.1) is 0 Å². The molecule has 0 nitrogen and oxygen atoms in total. The van der Waals surface area contributed by atoms with E-state index in [4.69, 9.17) is 0 Å². The van der Waals surface area contributed by atoms with Crippen molar-refractivity contribution < 1.29 is 0 Å². The molecule has 1 aromatic rings. The third kappa shape index (κ3) is 2.00. The fourth-order valence-electron chi connectivity index (χ4n) is 1.34. The van der Waals surface area contributed by atoms with E-state index in [0.29, 0.717) is 0 Å². The zero-order valence-corrected chi connectivity index (χ0v) is 11.3. The number of benzene rings is 1. The minimum Gasteiger partial charge on any atom is -0.0881 e. The second kappa shape index (κ2) is 4.17. The van der Waals surface area contributed by atoms with Gasteiger partial charge in [-0.1, -0.05) is 59.2 Å². The van der Waals surface area contributed by atoms with Crippen LogP contribution < -0.4 is 0 Å².